The number of rotatable bonds is 4. The molecule has 1 heterocycles. The van der Waals surface area contributed by atoms with Crippen molar-refractivity contribution in [2.24, 2.45) is 0 Å². The van der Waals surface area contributed by atoms with Crippen LogP contribution in [0.4, 0.5) is 0 Å². The second-order valence-corrected chi connectivity index (χ2v) is 11.5. The minimum atomic E-state index is -1.60. The van der Waals surface area contributed by atoms with Crippen LogP contribution in [-0.2, 0) is 4.43 Å². The molecule has 0 amide bonds. The maximum atomic E-state index is 6.25. The summed E-state index contributed by atoms with van der Waals surface area (Å²) in [7, 11) is -1.60. The van der Waals surface area contributed by atoms with E-state index in [1.54, 1.807) is 0 Å². The van der Waals surface area contributed by atoms with Crippen LogP contribution in [0.2, 0.25) is 18.1 Å². The van der Waals surface area contributed by atoms with Gasteiger partial charge in [0.15, 0.2) is 8.32 Å². The van der Waals surface area contributed by atoms with Crippen LogP contribution >= 0.6 is 0 Å². The molecule has 1 fully saturated rings. The maximum Gasteiger partial charge on any atom is 0.192 e. The summed E-state index contributed by atoms with van der Waals surface area (Å²) in [6.07, 6.45) is 0. The molecule has 1 aliphatic heterocycles. The van der Waals surface area contributed by atoms with E-state index in [2.05, 4.69) is 69.5 Å². The lowest BCUT2D eigenvalue weighted by atomic mass is 10.1. The highest BCUT2D eigenvalue weighted by Crippen LogP contribution is 2.38. The van der Waals surface area contributed by atoms with E-state index in [1.165, 1.54) is 5.56 Å². The first kappa shape index (κ1) is 13.8. The summed E-state index contributed by atoms with van der Waals surface area (Å²) in [5.74, 6) is 0. The van der Waals surface area contributed by atoms with Crippen LogP contribution in [0.5, 0.6) is 0 Å². The van der Waals surface area contributed by atoms with Crippen molar-refractivity contribution in [3.63, 3.8) is 0 Å². The smallest absolute Gasteiger partial charge is 0.192 e. The molecule has 0 saturated carbocycles. The number of nitrogens with one attached hydrogen (secondary N) is 1. The van der Waals surface area contributed by atoms with E-state index >= 15 is 0 Å². The Kier molecular flexibility index (Phi) is 3.67. The SMILES string of the molecule is CC(C)(C)[Si](C)(C)OC[C@H]1N[C@H]1c1ccccc1. The molecule has 1 aliphatic rings. The second-order valence-electron chi connectivity index (χ2n) is 6.73. The van der Waals surface area contributed by atoms with Crippen LogP contribution in [0, 0.1) is 0 Å². The third kappa shape index (κ3) is 3.02. The normalized spacial score (nSPS) is 24.1. The van der Waals surface area contributed by atoms with Gasteiger partial charge in [0.1, 0.15) is 0 Å². The molecule has 100 valence electrons. The minimum Gasteiger partial charge on any atom is -0.415 e. The predicted molar refractivity (Wildman–Crippen MR) is 79.3 cm³/mol. The summed E-state index contributed by atoms with van der Waals surface area (Å²) in [5, 5.41) is 3.80. The monoisotopic (exact) mass is 263 g/mol. The molecule has 0 radical (unpaired) electrons. The fraction of sp³-hybridized carbons (Fsp3) is 0.600. The standard InChI is InChI=1S/C15H25NOSi/c1-15(2,3)18(4,5)17-11-13-14(16-13)12-9-7-6-8-10-12/h6-10,13-14,16H,11H2,1-5H3/t13-,14+/m1/s1. The van der Waals surface area contributed by atoms with Crippen molar-refractivity contribution in [3.05, 3.63) is 35.9 Å². The van der Waals surface area contributed by atoms with Gasteiger partial charge in [-0.3, -0.25) is 0 Å². The lowest BCUT2D eigenvalue weighted by Crippen LogP contribution is -2.41. The third-order valence-corrected chi connectivity index (χ3v) is 8.78. The number of benzene rings is 1. The van der Waals surface area contributed by atoms with E-state index in [-0.39, 0.29) is 0 Å². The summed E-state index contributed by atoms with van der Waals surface area (Å²) < 4.78 is 6.25. The highest BCUT2D eigenvalue weighted by Gasteiger charge is 2.42. The Labute approximate surface area is 112 Å². The van der Waals surface area contributed by atoms with Gasteiger partial charge in [0.25, 0.3) is 0 Å². The zero-order valence-electron chi connectivity index (χ0n) is 12.2. The molecule has 0 bridgehead atoms. The van der Waals surface area contributed by atoms with Crippen LogP contribution in [0.1, 0.15) is 32.4 Å². The van der Waals surface area contributed by atoms with Gasteiger partial charge in [-0.2, -0.15) is 0 Å². The average molecular weight is 263 g/mol. The van der Waals surface area contributed by atoms with Crippen molar-refractivity contribution >= 4 is 8.32 Å². The van der Waals surface area contributed by atoms with Gasteiger partial charge in [0, 0.05) is 6.04 Å². The molecule has 1 saturated heterocycles. The van der Waals surface area contributed by atoms with E-state index in [9.17, 15) is 0 Å². The lowest BCUT2D eigenvalue weighted by molar-refractivity contribution is 0.287. The first-order valence-corrected chi connectivity index (χ1v) is 9.67. The molecular weight excluding hydrogens is 238 g/mol. The quantitative estimate of drug-likeness (QED) is 0.663. The third-order valence-electron chi connectivity index (χ3n) is 4.28. The fourth-order valence-corrected chi connectivity index (χ4v) is 2.85. The molecule has 0 spiro atoms. The van der Waals surface area contributed by atoms with E-state index in [1.807, 2.05) is 0 Å². The Morgan fingerprint density at radius 1 is 1.17 bits per heavy atom. The molecule has 0 aromatic heterocycles. The van der Waals surface area contributed by atoms with Crippen LogP contribution in [-0.4, -0.2) is 21.0 Å². The van der Waals surface area contributed by atoms with Gasteiger partial charge in [0.05, 0.1) is 12.6 Å². The average Bonchev–Trinajstić information content (AvgIpc) is 3.06. The van der Waals surface area contributed by atoms with E-state index < -0.39 is 8.32 Å². The highest BCUT2D eigenvalue weighted by atomic mass is 28.4. The van der Waals surface area contributed by atoms with Gasteiger partial charge in [-0.1, -0.05) is 51.1 Å². The second kappa shape index (κ2) is 4.80. The molecule has 1 N–H and O–H groups in total. The summed E-state index contributed by atoms with van der Waals surface area (Å²) in [5.41, 5.74) is 1.38. The van der Waals surface area contributed by atoms with Crippen LogP contribution in [0.25, 0.3) is 0 Å². The summed E-state index contributed by atoms with van der Waals surface area (Å²) in [4.78, 5) is 0. The Morgan fingerprint density at radius 2 is 1.78 bits per heavy atom. The largest absolute Gasteiger partial charge is 0.415 e. The molecule has 2 nitrogen and oxygen atoms in total. The Balaban J connectivity index is 1.85. The van der Waals surface area contributed by atoms with Gasteiger partial charge in [0.2, 0.25) is 0 Å². The van der Waals surface area contributed by atoms with Gasteiger partial charge >= 0.3 is 0 Å². The van der Waals surface area contributed by atoms with Crippen molar-refractivity contribution in [3.8, 4) is 0 Å². The van der Waals surface area contributed by atoms with Gasteiger partial charge in [-0.15, -0.1) is 0 Å². The maximum absolute atomic E-state index is 6.25. The predicted octanol–water partition coefficient (Wildman–Crippen LogP) is 3.72. The Bertz CT molecular complexity index is 397. The Hall–Kier alpha value is -0.643. The lowest BCUT2D eigenvalue weighted by Gasteiger charge is -2.36. The molecule has 1 aromatic carbocycles. The van der Waals surface area contributed by atoms with Crippen molar-refractivity contribution in [1.82, 2.24) is 5.32 Å². The van der Waals surface area contributed by atoms with Gasteiger partial charge in [-0.25, -0.2) is 0 Å². The van der Waals surface area contributed by atoms with E-state index in [0.717, 1.165) is 6.61 Å². The van der Waals surface area contributed by atoms with Crippen molar-refractivity contribution in [1.29, 1.82) is 0 Å². The summed E-state index contributed by atoms with van der Waals surface area (Å²) >= 11 is 0. The fourth-order valence-electron chi connectivity index (χ4n) is 1.82. The zero-order valence-corrected chi connectivity index (χ0v) is 13.2. The molecule has 2 rings (SSSR count). The Morgan fingerprint density at radius 3 is 2.33 bits per heavy atom. The number of hydrogen-bond acceptors (Lipinski definition) is 2. The molecule has 2 atom stereocenters. The molecule has 0 aliphatic carbocycles. The molecular formula is C15H25NOSi. The van der Waals surface area contributed by atoms with Crippen molar-refractivity contribution in [2.45, 2.75) is 51.0 Å². The minimum absolute atomic E-state index is 0.296. The van der Waals surface area contributed by atoms with Crippen molar-refractivity contribution in [2.75, 3.05) is 6.61 Å². The van der Waals surface area contributed by atoms with Crippen LogP contribution in [0.15, 0.2) is 30.3 Å². The van der Waals surface area contributed by atoms with E-state index in [0.29, 0.717) is 17.1 Å². The van der Waals surface area contributed by atoms with E-state index in [4.69, 9.17) is 4.43 Å². The highest BCUT2D eigenvalue weighted by molar-refractivity contribution is 6.74. The summed E-state index contributed by atoms with van der Waals surface area (Å²) in [6.45, 7) is 12.3. The molecule has 1 aromatic rings. The van der Waals surface area contributed by atoms with Gasteiger partial charge in [-0.05, 0) is 23.7 Å². The first-order valence-electron chi connectivity index (χ1n) is 6.76. The summed E-state index contributed by atoms with van der Waals surface area (Å²) in [6, 6.07) is 11.6. The van der Waals surface area contributed by atoms with Crippen LogP contribution in [0.3, 0.4) is 0 Å². The first-order chi connectivity index (χ1) is 8.31. The molecule has 0 unspecified atom stereocenters. The van der Waals surface area contributed by atoms with Gasteiger partial charge < -0.3 is 9.74 Å². The molecule has 3 heteroatoms. The van der Waals surface area contributed by atoms with Crippen molar-refractivity contribution < 1.29 is 4.43 Å². The number of hydrogen-bond donors (Lipinski definition) is 1. The molecule has 18 heavy (non-hydrogen) atoms. The topological polar surface area (TPSA) is 31.2 Å². The van der Waals surface area contributed by atoms with Crippen LogP contribution < -0.4 is 5.32 Å². The zero-order chi connectivity index (χ0) is 13.4.